The zero-order chi connectivity index (χ0) is 4.12. The van der Waals surface area contributed by atoms with Gasteiger partial charge in [0.25, 0.3) is 0 Å². The fourth-order valence-electron chi connectivity index (χ4n) is 0.134. The van der Waals surface area contributed by atoms with Gasteiger partial charge in [0.05, 0.1) is 0 Å². The highest BCUT2D eigenvalue weighted by molar-refractivity contribution is 6.17. The third-order valence-electron chi connectivity index (χ3n) is 0.487. The van der Waals surface area contributed by atoms with E-state index >= 15 is 0 Å². The van der Waals surface area contributed by atoms with E-state index in [0.29, 0.717) is 0 Å². The summed E-state index contributed by atoms with van der Waals surface area (Å²) in [4.78, 5) is 0. The fraction of sp³-hybridized carbons (Fsp3) is 1.00. The smallest absolute Gasteiger partial charge is 0.127 e. The molecule has 0 spiro atoms. The molecule has 0 aromatic carbocycles. The summed E-state index contributed by atoms with van der Waals surface area (Å²) in [6, 6.07) is 0. The lowest BCUT2D eigenvalue weighted by molar-refractivity contribution is 0.892. The molecule has 0 bridgehead atoms. The van der Waals surface area contributed by atoms with Crippen LogP contribution < -0.4 is 0 Å². The average molecular weight is 93.6 g/mol. The lowest BCUT2D eigenvalue weighted by atomic mass is 10.4. The predicted molar refractivity (Wildman–Crippen MR) is 26.7 cm³/mol. The summed E-state index contributed by atoms with van der Waals surface area (Å²) in [6.07, 6.45) is 2.37. The Morgan fingerprint density at radius 1 is 1.80 bits per heavy atom. The molecule has 0 amide bonds. The largest absolute Gasteiger partial charge is 1.00 e. The van der Waals surface area contributed by atoms with Crippen LogP contribution in [0.5, 0.6) is 0 Å². The molecule has 0 fully saturated rings. The van der Waals surface area contributed by atoms with E-state index in [-0.39, 0.29) is 1.43 Å². The predicted octanol–water partition coefficient (Wildman–Crippen LogP) is 2.14. The van der Waals surface area contributed by atoms with Crippen molar-refractivity contribution >= 4 is 11.6 Å². The van der Waals surface area contributed by atoms with Gasteiger partial charge in [0.15, 0.2) is 0 Å². The molecule has 0 atom stereocenters. The molecule has 0 aromatic rings. The minimum atomic E-state index is 0. The van der Waals surface area contributed by atoms with E-state index in [1.54, 1.807) is 0 Å². The number of unbranched alkanes of at least 4 members (excludes halogenated alkanes) is 1. The molecule has 32 valence electrons. The van der Waals surface area contributed by atoms with Gasteiger partial charge in [0.1, 0.15) is 0 Å². The molecule has 0 saturated heterocycles. The molecule has 0 rings (SSSR count). The molecule has 0 N–H and O–H groups in total. The Morgan fingerprint density at radius 2 is 2.40 bits per heavy atom. The van der Waals surface area contributed by atoms with E-state index in [4.69, 9.17) is 11.6 Å². The van der Waals surface area contributed by atoms with Gasteiger partial charge in [-0.2, -0.15) is 0 Å². The van der Waals surface area contributed by atoms with Crippen LogP contribution in [0.25, 0.3) is 0 Å². The molecular weight excluding hydrogens is 83.5 g/mol. The quantitative estimate of drug-likeness (QED) is 0.459. The molecule has 0 aliphatic rings. The molecule has 0 saturated carbocycles. The van der Waals surface area contributed by atoms with Gasteiger partial charge in [0.2, 0.25) is 0 Å². The number of alkyl halides is 1. The highest BCUT2D eigenvalue weighted by Gasteiger charge is 1.70. The van der Waals surface area contributed by atoms with Crippen LogP contribution in [-0.2, 0) is 0 Å². The zero-order valence-electron chi connectivity index (χ0n) is 4.50. The molecule has 1 heteroatoms. The van der Waals surface area contributed by atoms with Crippen molar-refractivity contribution in [2.24, 2.45) is 0 Å². The van der Waals surface area contributed by atoms with Gasteiger partial charge in [-0.25, -0.2) is 0 Å². The summed E-state index contributed by atoms with van der Waals surface area (Å²) < 4.78 is 0. The molecular formula is C4H10Cl+. The van der Waals surface area contributed by atoms with Crippen molar-refractivity contribution in [2.75, 3.05) is 5.88 Å². The molecule has 5 heavy (non-hydrogen) atoms. The maximum atomic E-state index is 5.30. The van der Waals surface area contributed by atoms with Crippen molar-refractivity contribution in [3.63, 3.8) is 0 Å². The van der Waals surface area contributed by atoms with Crippen molar-refractivity contribution in [1.82, 2.24) is 0 Å². The van der Waals surface area contributed by atoms with E-state index in [2.05, 4.69) is 6.92 Å². The van der Waals surface area contributed by atoms with Gasteiger partial charge in [-0.1, -0.05) is 13.3 Å². The number of rotatable bonds is 2. The first kappa shape index (κ1) is 5.29. The van der Waals surface area contributed by atoms with Crippen LogP contribution in [0.4, 0.5) is 0 Å². The first-order valence-electron chi connectivity index (χ1n) is 1.97. The topological polar surface area (TPSA) is 0 Å². The van der Waals surface area contributed by atoms with E-state index in [0.717, 1.165) is 12.3 Å². The lowest BCUT2D eigenvalue weighted by Gasteiger charge is -1.77. The van der Waals surface area contributed by atoms with E-state index in [9.17, 15) is 0 Å². The second-order valence-corrected chi connectivity index (χ2v) is 1.42. The Kier molecular flexibility index (Phi) is 4.54. The second-order valence-electron chi connectivity index (χ2n) is 1.04. The van der Waals surface area contributed by atoms with E-state index < -0.39 is 0 Å². The third-order valence-corrected chi connectivity index (χ3v) is 0.754. The van der Waals surface area contributed by atoms with Crippen LogP contribution in [0.3, 0.4) is 0 Å². The zero-order valence-corrected chi connectivity index (χ0v) is 4.26. The SMILES string of the molecule is CCCCCl.[H+]. The molecule has 0 aromatic heterocycles. The molecule has 0 heterocycles. The van der Waals surface area contributed by atoms with Crippen LogP contribution in [-0.4, -0.2) is 5.88 Å². The summed E-state index contributed by atoms with van der Waals surface area (Å²) in [7, 11) is 0. The van der Waals surface area contributed by atoms with Gasteiger partial charge in [-0.15, -0.1) is 11.6 Å². The first-order valence-corrected chi connectivity index (χ1v) is 2.51. The standard InChI is InChI=1S/C4H9Cl/c1-2-3-4-5/h2-4H2,1H3/p+1. The maximum absolute atomic E-state index is 5.30. The number of hydrogen-bond acceptors (Lipinski definition) is 0. The van der Waals surface area contributed by atoms with E-state index in [1.807, 2.05) is 0 Å². The highest BCUT2D eigenvalue weighted by Crippen LogP contribution is 1.86. The molecule has 0 aliphatic heterocycles. The van der Waals surface area contributed by atoms with Gasteiger partial charge in [-0.3, -0.25) is 0 Å². The number of halogens is 1. The van der Waals surface area contributed by atoms with Crippen molar-refractivity contribution < 1.29 is 1.43 Å². The van der Waals surface area contributed by atoms with Gasteiger partial charge in [0, 0.05) is 5.88 Å². The monoisotopic (exact) mass is 93.0 g/mol. The summed E-state index contributed by atoms with van der Waals surface area (Å²) in [5.41, 5.74) is 0. The Bertz CT molecular complexity index is 15.0. The summed E-state index contributed by atoms with van der Waals surface area (Å²) in [5.74, 6) is 0.816. The molecule has 0 aliphatic carbocycles. The van der Waals surface area contributed by atoms with Crippen molar-refractivity contribution in [2.45, 2.75) is 19.8 Å². The van der Waals surface area contributed by atoms with Crippen molar-refractivity contribution in [3.8, 4) is 0 Å². The van der Waals surface area contributed by atoms with E-state index in [1.165, 1.54) is 6.42 Å². The summed E-state index contributed by atoms with van der Waals surface area (Å²) in [5, 5.41) is 0. The average Bonchev–Trinajstić information content (AvgIpc) is 1.41. The van der Waals surface area contributed by atoms with Gasteiger partial charge in [-0.05, 0) is 6.42 Å². The Balaban J connectivity index is 0. The second kappa shape index (κ2) is 4.29. The Hall–Kier alpha value is 0.290. The lowest BCUT2D eigenvalue weighted by Crippen LogP contribution is -1.65. The van der Waals surface area contributed by atoms with Crippen LogP contribution in [0.15, 0.2) is 0 Å². The van der Waals surface area contributed by atoms with Crippen molar-refractivity contribution in [3.05, 3.63) is 0 Å². The molecule has 0 radical (unpaired) electrons. The fourth-order valence-corrected chi connectivity index (χ4v) is 0.401. The molecule has 0 nitrogen and oxygen atoms in total. The van der Waals surface area contributed by atoms with Crippen molar-refractivity contribution in [1.29, 1.82) is 0 Å². The van der Waals surface area contributed by atoms with Gasteiger partial charge >= 0.3 is 1.43 Å². The van der Waals surface area contributed by atoms with Crippen LogP contribution in [0, 0.1) is 0 Å². The minimum Gasteiger partial charge on any atom is -0.127 e. The highest BCUT2D eigenvalue weighted by atomic mass is 35.5. The number of hydrogen-bond donors (Lipinski definition) is 0. The van der Waals surface area contributed by atoms with Crippen LogP contribution >= 0.6 is 11.6 Å². The Morgan fingerprint density at radius 3 is 2.40 bits per heavy atom. The van der Waals surface area contributed by atoms with Crippen LogP contribution in [0.1, 0.15) is 21.2 Å². The normalized spacial score (nSPS) is 8.40. The van der Waals surface area contributed by atoms with Crippen LogP contribution in [0.2, 0.25) is 0 Å². The first-order chi connectivity index (χ1) is 2.41. The third kappa shape index (κ3) is 4.29. The maximum Gasteiger partial charge on any atom is 1.00 e. The minimum absolute atomic E-state index is 0. The Labute approximate surface area is 39.6 Å². The summed E-state index contributed by atoms with van der Waals surface area (Å²) in [6.45, 7) is 2.13. The summed E-state index contributed by atoms with van der Waals surface area (Å²) >= 11 is 5.30. The van der Waals surface area contributed by atoms with Gasteiger partial charge < -0.3 is 0 Å². The molecule has 0 unspecified atom stereocenters.